The Labute approximate surface area is 206 Å². The molecule has 2 saturated heterocycles. The molecular weight excluding hydrogens is 476 g/mol. The summed E-state index contributed by atoms with van der Waals surface area (Å²) in [5.74, 6) is -0.544. The summed E-state index contributed by atoms with van der Waals surface area (Å²) >= 11 is 6.33. The summed E-state index contributed by atoms with van der Waals surface area (Å²) in [5.41, 5.74) is 4.14. The van der Waals surface area contributed by atoms with Crippen LogP contribution in [0.4, 0.5) is 8.78 Å². The van der Waals surface area contributed by atoms with Gasteiger partial charge in [-0.25, -0.2) is 18.3 Å². The smallest absolute Gasteiger partial charge is 0.258 e. The van der Waals surface area contributed by atoms with Crippen molar-refractivity contribution < 1.29 is 18.3 Å². The predicted molar refractivity (Wildman–Crippen MR) is 126 cm³/mol. The van der Waals surface area contributed by atoms with Gasteiger partial charge in [0.15, 0.2) is 5.65 Å². The lowest BCUT2D eigenvalue weighted by molar-refractivity contribution is 0.0531. The molecule has 35 heavy (non-hydrogen) atoms. The molecule has 0 spiro atoms. The predicted octanol–water partition coefficient (Wildman–Crippen LogP) is 4.25. The number of halogens is 3. The van der Waals surface area contributed by atoms with Gasteiger partial charge < -0.3 is 9.64 Å². The van der Waals surface area contributed by atoms with Crippen molar-refractivity contribution >= 4 is 23.2 Å². The van der Waals surface area contributed by atoms with Crippen LogP contribution in [0.5, 0.6) is 5.75 Å². The number of carbonyl (C=O) groups is 1. The van der Waals surface area contributed by atoms with Gasteiger partial charge in [0.25, 0.3) is 5.91 Å². The quantitative estimate of drug-likeness (QED) is 0.537. The first kappa shape index (κ1) is 22.7. The minimum atomic E-state index is -0.884. The van der Waals surface area contributed by atoms with Crippen LogP contribution in [-0.2, 0) is 13.1 Å². The highest BCUT2D eigenvalue weighted by Gasteiger charge is 2.46. The molecule has 3 aromatic rings. The Hall–Kier alpha value is -2.78. The van der Waals surface area contributed by atoms with Gasteiger partial charge in [-0.3, -0.25) is 9.69 Å². The number of aromatic nitrogens is 3. The Balaban J connectivity index is 1.26. The molecule has 3 aliphatic rings. The van der Waals surface area contributed by atoms with Crippen LogP contribution >= 0.6 is 11.6 Å². The third kappa shape index (κ3) is 3.59. The zero-order valence-corrected chi connectivity index (χ0v) is 20.5. The van der Waals surface area contributed by atoms with Gasteiger partial charge in [-0.1, -0.05) is 11.6 Å². The molecule has 184 valence electrons. The van der Waals surface area contributed by atoms with Crippen LogP contribution in [0.1, 0.15) is 52.3 Å². The zero-order chi connectivity index (χ0) is 24.6. The summed E-state index contributed by atoms with van der Waals surface area (Å²) in [6, 6.07) is 3.87. The highest BCUT2D eigenvalue weighted by Crippen LogP contribution is 2.39. The molecular formula is C25H26ClF2N5O2. The highest BCUT2D eigenvalue weighted by molar-refractivity contribution is 6.31. The van der Waals surface area contributed by atoms with Crippen LogP contribution in [0.2, 0.25) is 5.02 Å². The second-order valence-electron chi connectivity index (χ2n) is 9.91. The van der Waals surface area contributed by atoms with E-state index < -0.39 is 12.0 Å². The van der Waals surface area contributed by atoms with Crippen molar-refractivity contribution in [1.29, 1.82) is 0 Å². The van der Waals surface area contributed by atoms with Crippen molar-refractivity contribution in [1.82, 2.24) is 24.4 Å². The number of piperidine rings is 1. The highest BCUT2D eigenvalue weighted by atomic mass is 35.5. The van der Waals surface area contributed by atoms with E-state index in [9.17, 15) is 13.6 Å². The maximum absolute atomic E-state index is 14.4. The maximum Gasteiger partial charge on any atom is 0.258 e. The minimum Gasteiger partial charge on any atom is -0.489 e. The second-order valence-corrected chi connectivity index (χ2v) is 10.3. The molecule has 2 bridgehead atoms. The Morgan fingerprint density at radius 2 is 2.00 bits per heavy atom. The van der Waals surface area contributed by atoms with E-state index in [1.807, 2.05) is 20.9 Å². The molecule has 0 aliphatic carbocycles. The van der Waals surface area contributed by atoms with Gasteiger partial charge in [-0.15, -0.1) is 0 Å². The fourth-order valence-corrected chi connectivity index (χ4v) is 5.95. The van der Waals surface area contributed by atoms with Crippen molar-refractivity contribution in [2.75, 3.05) is 7.05 Å². The largest absolute Gasteiger partial charge is 0.489 e. The van der Waals surface area contributed by atoms with E-state index in [4.69, 9.17) is 16.3 Å². The number of nitrogens with zero attached hydrogens (tertiary/aromatic N) is 5. The van der Waals surface area contributed by atoms with Crippen molar-refractivity contribution in [3.63, 3.8) is 0 Å². The van der Waals surface area contributed by atoms with Crippen LogP contribution in [0.3, 0.4) is 0 Å². The van der Waals surface area contributed by atoms with E-state index >= 15 is 0 Å². The van der Waals surface area contributed by atoms with E-state index in [-0.39, 0.29) is 29.8 Å². The van der Waals surface area contributed by atoms with Crippen molar-refractivity contribution in [3.05, 3.63) is 57.2 Å². The van der Waals surface area contributed by atoms with Crippen molar-refractivity contribution in [3.8, 4) is 5.75 Å². The van der Waals surface area contributed by atoms with Crippen molar-refractivity contribution in [2.24, 2.45) is 0 Å². The number of hydrogen-bond acceptors (Lipinski definition) is 5. The standard InChI is InChI=1S/C25H26ClF2N5O2/c1-12-23(26)13(2)33-24(29-12)18-10-32(11-20(18)30-33)25(34)17-5-4-14(27)6-22(17)35-16-7-15-8-19(28)21(9-16)31(15)3/h4-6,15-16,19,21H,7-11H2,1-3H3. The molecule has 7 nitrogen and oxygen atoms in total. The molecule has 6 rings (SSSR count). The Morgan fingerprint density at radius 1 is 1.20 bits per heavy atom. The summed E-state index contributed by atoms with van der Waals surface area (Å²) in [6.07, 6.45) is 0.497. The molecule has 4 atom stereocenters. The topological polar surface area (TPSA) is 63.0 Å². The fraction of sp³-hybridized carbons (Fsp3) is 0.480. The first-order valence-electron chi connectivity index (χ1n) is 11.9. The van der Waals surface area contributed by atoms with Gasteiger partial charge in [0.1, 0.15) is 23.8 Å². The third-order valence-electron chi connectivity index (χ3n) is 7.76. The summed E-state index contributed by atoms with van der Waals surface area (Å²) in [5, 5.41) is 5.20. The number of hydrogen-bond donors (Lipinski definition) is 0. The first-order chi connectivity index (χ1) is 16.7. The molecule has 5 heterocycles. The lowest BCUT2D eigenvalue weighted by Crippen LogP contribution is -2.45. The number of fused-ring (bicyclic) bond motifs is 5. The van der Waals surface area contributed by atoms with Gasteiger partial charge in [-0.2, -0.15) is 5.10 Å². The number of aryl methyl sites for hydroxylation is 2. The van der Waals surface area contributed by atoms with Gasteiger partial charge in [0.05, 0.1) is 40.8 Å². The molecule has 4 unspecified atom stereocenters. The number of benzene rings is 1. The molecule has 0 saturated carbocycles. The molecule has 1 amide bonds. The SMILES string of the molecule is Cc1nc2c3c(nn2c(C)c1Cl)CN(C(=O)c1ccc(F)cc1OC1CC2CC(F)C(C1)N2C)C3. The van der Waals surface area contributed by atoms with E-state index in [1.54, 1.807) is 9.42 Å². The monoisotopic (exact) mass is 501 g/mol. The second kappa shape index (κ2) is 8.13. The summed E-state index contributed by atoms with van der Waals surface area (Å²) in [7, 11) is 1.94. The molecule has 10 heteroatoms. The number of amides is 1. The molecule has 0 N–H and O–H groups in total. The molecule has 1 aromatic carbocycles. The van der Waals surface area contributed by atoms with Crippen LogP contribution in [0.25, 0.3) is 5.65 Å². The molecule has 0 radical (unpaired) electrons. The lowest BCUT2D eigenvalue weighted by Gasteiger charge is -2.36. The number of carbonyl (C=O) groups excluding carboxylic acids is 1. The number of ether oxygens (including phenoxy) is 1. The van der Waals surface area contributed by atoms with Crippen LogP contribution in [0, 0.1) is 19.7 Å². The van der Waals surface area contributed by atoms with E-state index in [0.717, 1.165) is 17.0 Å². The summed E-state index contributed by atoms with van der Waals surface area (Å²) in [6.45, 7) is 4.38. The lowest BCUT2D eigenvalue weighted by atomic mass is 10.00. The Bertz CT molecular complexity index is 1360. The van der Waals surface area contributed by atoms with Crippen LogP contribution in [0.15, 0.2) is 18.2 Å². The Kier molecular flexibility index (Phi) is 5.27. The average molecular weight is 502 g/mol. The van der Waals surface area contributed by atoms with E-state index in [2.05, 4.69) is 15.0 Å². The van der Waals surface area contributed by atoms with Crippen LogP contribution in [-0.4, -0.2) is 61.7 Å². The summed E-state index contributed by atoms with van der Waals surface area (Å²) in [4.78, 5) is 21.9. The van der Waals surface area contributed by atoms with Crippen LogP contribution < -0.4 is 4.74 Å². The van der Waals surface area contributed by atoms with Gasteiger partial charge in [-0.05, 0) is 45.9 Å². The molecule has 2 fully saturated rings. The molecule has 2 aromatic heterocycles. The first-order valence-corrected chi connectivity index (χ1v) is 12.2. The van der Waals surface area contributed by atoms with Crippen molar-refractivity contribution in [2.45, 2.75) is 70.6 Å². The average Bonchev–Trinajstić information content (AvgIpc) is 3.41. The normalized spacial score (nSPS) is 25.9. The van der Waals surface area contributed by atoms with Gasteiger partial charge >= 0.3 is 0 Å². The van der Waals surface area contributed by atoms with Gasteiger partial charge in [0, 0.05) is 30.1 Å². The maximum atomic E-state index is 14.4. The summed E-state index contributed by atoms with van der Waals surface area (Å²) < 4.78 is 36.4. The van der Waals surface area contributed by atoms with E-state index in [1.165, 1.54) is 18.2 Å². The van der Waals surface area contributed by atoms with E-state index in [0.29, 0.717) is 54.3 Å². The number of alkyl halides is 1. The third-order valence-corrected chi connectivity index (χ3v) is 8.31. The minimum absolute atomic E-state index is 0.0966. The zero-order valence-electron chi connectivity index (χ0n) is 19.8. The fourth-order valence-electron chi connectivity index (χ4n) is 5.83. The molecule has 3 aliphatic heterocycles. The number of rotatable bonds is 3. The van der Waals surface area contributed by atoms with Gasteiger partial charge in [0.2, 0.25) is 0 Å². The Morgan fingerprint density at radius 3 is 2.77 bits per heavy atom.